The van der Waals surface area contributed by atoms with Crippen molar-refractivity contribution in [1.29, 1.82) is 0 Å². The zero-order chi connectivity index (χ0) is 17.0. The molecule has 120 valence electrons. The summed E-state index contributed by atoms with van der Waals surface area (Å²) in [7, 11) is 0. The van der Waals surface area contributed by atoms with Crippen LogP contribution in [0.4, 0.5) is 0 Å². The van der Waals surface area contributed by atoms with Gasteiger partial charge in [0, 0.05) is 4.90 Å². The number of hydrogen-bond acceptors (Lipinski definition) is 3. The molecule has 0 heterocycles. The minimum atomic E-state index is -0.470. The highest BCUT2D eigenvalue weighted by Gasteiger charge is 2.26. The van der Waals surface area contributed by atoms with E-state index in [1.54, 1.807) is 18.7 Å². The number of benzene rings is 2. The smallest absolute Gasteiger partial charge is 0.221 e. The summed E-state index contributed by atoms with van der Waals surface area (Å²) >= 11 is 1.57. The summed E-state index contributed by atoms with van der Waals surface area (Å²) in [5, 5.41) is 0. The van der Waals surface area contributed by atoms with Gasteiger partial charge in [-0.25, -0.2) is 0 Å². The fraction of sp³-hybridized carbons (Fsp3) is 0.263. The Morgan fingerprint density at radius 2 is 1.65 bits per heavy atom. The van der Waals surface area contributed by atoms with Gasteiger partial charge >= 0.3 is 0 Å². The second-order valence-corrected chi connectivity index (χ2v) is 7.67. The molecule has 2 N–H and O–H groups in total. The monoisotopic (exact) mass is 327 g/mol. The van der Waals surface area contributed by atoms with Crippen LogP contribution in [0.25, 0.3) is 11.1 Å². The maximum absolute atomic E-state index is 11.8. The molecule has 0 bridgehead atoms. The molecule has 0 saturated carbocycles. The van der Waals surface area contributed by atoms with Crippen LogP contribution in [0.1, 0.15) is 26.3 Å². The van der Waals surface area contributed by atoms with Crippen molar-refractivity contribution in [2.75, 3.05) is 0 Å². The van der Waals surface area contributed by atoms with Gasteiger partial charge in [0.05, 0.1) is 11.2 Å². The first-order valence-electron chi connectivity index (χ1n) is 7.46. The Morgan fingerprint density at radius 3 is 2.22 bits per heavy atom. The predicted molar refractivity (Wildman–Crippen MR) is 95.4 cm³/mol. The molecule has 3 nitrogen and oxygen atoms in total. The van der Waals surface area contributed by atoms with Crippen molar-refractivity contribution in [1.82, 2.24) is 0 Å². The average Bonchev–Trinajstić information content (AvgIpc) is 2.47. The van der Waals surface area contributed by atoms with Crippen LogP contribution in [0.3, 0.4) is 0 Å². The molecule has 0 aliphatic rings. The molecule has 0 atom stereocenters. The molecule has 0 fully saturated rings. The van der Waals surface area contributed by atoms with Crippen LogP contribution in [0, 0.1) is 0 Å². The Hall–Kier alpha value is -2.07. The van der Waals surface area contributed by atoms with Gasteiger partial charge in [-0.05, 0) is 43.5 Å². The summed E-state index contributed by atoms with van der Waals surface area (Å²) < 4.78 is -0.470. The minimum Gasteiger partial charge on any atom is -0.369 e. The molecule has 2 aromatic rings. The minimum absolute atomic E-state index is 0.147. The van der Waals surface area contributed by atoms with E-state index in [4.69, 9.17) is 5.73 Å². The number of nitrogens with two attached hydrogens (primary N) is 1. The van der Waals surface area contributed by atoms with Gasteiger partial charge in [0.25, 0.3) is 0 Å². The molecular weight excluding hydrogens is 306 g/mol. The number of thioether (sulfide) groups is 1. The molecule has 23 heavy (non-hydrogen) atoms. The van der Waals surface area contributed by atoms with Crippen LogP contribution in [0.2, 0.25) is 0 Å². The first-order chi connectivity index (χ1) is 10.8. The van der Waals surface area contributed by atoms with Gasteiger partial charge in [0.1, 0.15) is 5.78 Å². The molecule has 2 rings (SSSR count). The van der Waals surface area contributed by atoms with E-state index in [2.05, 4.69) is 0 Å². The fourth-order valence-corrected chi connectivity index (χ4v) is 3.28. The molecular formula is C19H21NO2S. The van der Waals surface area contributed by atoms with Gasteiger partial charge in [-0.3, -0.25) is 9.59 Å². The van der Waals surface area contributed by atoms with Crippen molar-refractivity contribution in [3.8, 4) is 11.1 Å². The second kappa shape index (κ2) is 7.01. The van der Waals surface area contributed by atoms with Gasteiger partial charge in [-0.2, -0.15) is 0 Å². The third kappa shape index (κ3) is 4.45. The highest BCUT2D eigenvalue weighted by atomic mass is 32.2. The lowest BCUT2D eigenvalue weighted by Crippen LogP contribution is -2.24. The lowest BCUT2D eigenvalue weighted by Gasteiger charge is -2.22. The van der Waals surface area contributed by atoms with Crippen LogP contribution in [-0.4, -0.2) is 16.4 Å². The topological polar surface area (TPSA) is 60.2 Å². The SMILES string of the molecule is CC(=O)C(C)(C)Sc1ccccc1-c1ccc(CC(N)=O)cc1. The number of amides is 1. The summed E-state index contributed by atoms with van der Waals surface area (Å²) in [6, 6.07) is 15.8. The van der Waals surface area contributed by atoms with E-state index in [9.17, 15) is 9.59 Å². The maximum atomic E-state index is 11.8. The highest BCUT2D eigenvalue weighted by Crippen LogP contribution is 2.39. The standard InChI is InChI=1S/C19H21NO2S/c1-13(21)19(2,3)23-17-7-5-4-6-16(17)15-10-8-14(9-11-15)12-18(20)22/h4-11H,12H2,1-3H3,(H2,20,22). The number of carbonyl (C=O) groups excluding carboxylic acids is 2. The van der Waals surface area contributed by atoms with Gasteiger partial charge < -0.3 is 5.73 Å². The van der Waals surface area contributed by atoms with Crippen LogP contribution in [-0.2, 0) is 16.0 Å². The lowest BCUT2D eigenvalue weighted by atomic mass is 10.0. The van der Waals surface area contributed by atoms with Crippen LogP contribution in [0.5, 0.6) is 0 Å². The van der Waals surface area contributed by atoms with Crippen LogP contribution in [0.15, 0.2) is 53.4 Å². The maximum Gasteiger partial charge on any atom is 0.221 e. The quantitative estimate of drug-likeness (QED) is 0.820. The molecule has 0 aliphatic carbocycles. The molecule has 0 unspecified atom stereocenters. The Morgan fingerprint density at radius 1 is 1.04 bits per heavy atom. The molecule has 1 amide bonds. The van der Waals surface area contributed by atoms with Crippen molar-refractivity contribution < 1.29 is 9.59 Å². The Labute approximate surface area is 141 Å². The zero-order valence-electron chi connectivity index (χ0n) is 13.6. The molecule has 0 radical (unpaired) electrons. The summed E-state index contributed by atoms with van der Waals surface area (Å²) in [5.74, 6) is -0.189. The van der Waals surface area contributed by atoms with Crippen LogP contribution >= 0.6 is 11.8 Å². The van der Waals surface area contributed by atoms with Crippen molar-refractivity contribution >= 4 is 23.5 Å². The van der Waals surface area contributed by atoms with E-state index in [0.29, 0.717) is 0 Å². The largest absolute Gasteiger partial charge is 0.369 e. The first-order valence-corrected chi connectivity index (χ1v) is 8.28. The number of rotatable bonds is 6. The second-order valence-electron chi connectivity index (χ2n) is 6.00. The zero-order valence-corrected chi connectivity index (χ0v) is 14.4. The lowest BCUT2D eigenvalue weighted by molar-refractivity contribution is -0.118. The van der Waals surface area contributed by atoms with E-state index in [1.807, 2.05) is 62.4 Å². The van der Waals surface area contributed by atoms with Gasteiger partial charge in [0.15, 0.2) is 0 Å². The van der Waals surface area contributed by atoms with Crippen molar-refractivity contribution in [3.63, 3.8) is 0 Å². The van der Waals surface area contributed by atoms with Gasteiger partial charge in [-0.15, -0.1) is 11.8 Å². The molecule has 0 saturated heterocycles. The number of ketones is 1. The van der Waals surface area contributed by atoms with E-state index in [0.717, 1.165) is 21.6 Å². The van der Waals surface area contributed by atoms with Crippen molar-refractivity contribution in [2.24, 2.45) is 5.73 Å². The summed E-state index contributed by atoms with van der Waals surface area (Å²) in [5.41, 5.74) is 8.26. The number of primary amides is 1. The van der Waals surface area contributed by atoms with Crippen LogP contribution < -0.4 is 5.73 Å². The Bertz CT molecular complexity index is 720. The van der Waals surface area contributed by atoms with Gasteiger partial charge in [-0.1, -0.05) is 42.5 Å². The van der Waals surface area contributed by atoms with E-state index in [-0.39, 0.29) is 18.1 Å². The predicted octanol–water partition coefficient (Wildman–Crippen LogP) is 3.84. The van der Waals surface area contributed by atoms with Gasteiger partial charge in [0.2, 0.25) is 5.91 Å². The Balaban J connectivity index is 2.33. The normalized spacial score (nSPS) is 11.3. The summed E-state index contributed by atoms with van der Waals surface area (Å²) in [6.07, 6.45) is 0.244. The number of carbonyl (C=O) groups is 2. The molecule has 0 aromatic heterocycles. The first kappa shape index (κ1) is 17.3. The number of Topliss-reactive ketones (excluding diaryl/α,β-unsaturated/α-hetero) is 1. The third-order valence-corrected chi connectivity index (χ3v) is 5.12. The molecule has 0 spiro atoms. The van der Waals surface area contributed by atoms with Crippen molar-refractivity contribution in [3.05, 3.63) is 54.1 Å². The summed E-state index contributed by atoms with van der Waals surface area (Å²) in [6.45, 7) is 5.49. The number of hydrogen-bond donors (Lipinski definition) is 1. The highest BCUT2D eigenvalue weighted by molar-refractivity contribution is 8.01. The fourth-order valence-electron chi connectivity index (χ4n) is 2.14. The van der Waals surface area contributed by atoms with E-state index >= 15 is 0 Å². The van der Waals surface area contributed by atoms with Crippen molar-refractivity contribution in [2.45, 2.75) is 36.8 Å². The average molecular weight is 327 g/mol. The van der Waals surface area contributed by atoms with E-state index < -0.39 is 4.75 Å². The van der Waals surface area contributed by atoms with E-state index in [1.165, 1.54) is 0 Å². The Kier molecular flexibility index (Phi) is 5.26. The molecule has 2 aromatic carbocycles. The summed E-state index contributed by atoms with van der Waals surface area (Å²) in [4.78, 5) is 23.9. The molecule has 4 heteroatoms. The third-order valence-electron chi connectivity index (χ3n) is 3.74. The molecule has 0 aliphatic heterocycles.